The summed E-state index contributed by atoms with van der Waals surface area (Å²) in [4.78, 5) is 16.0. The molecule has 0 radical (unpaired) electrons. The van der Waals surface area contributed by atoms with E-state index in [1.807, 2.05) is 44.2 Å². The molecule has 6 nitrogen and oxygen atoms in total. The lowest BCUT2D eigenvalue weighted by molar-refractivity contribution is 0.251. The highest BCUT2D eigenvalue weighted by molar-refractivity contribution is 5.89. The lowest BCUT2D eigenvalue weighted by atomic mass is 10.1. The van der Waals surface area contributed by atoms with Gasteiger partial charge in [-0.15, -0.1) is 0 Å². The van der Waals surface area contributed by atoms with Crippen LogP contribution < -0.4 is 16.0 Å². The van der Waals surface area contributed by atoms with Gasteiger partial charge in [0.1, 0.15) is 11.9 Å². The Kier molecular flexibility index (Phi) is 4.85. The van der Waals surface area contributed by atoms with Gasteiger partial charge in [0.2, 0.25) is 0 Å². The maximum atomic E-state index is 11.8. The number of aromatic nitrogens is 1. The predicted octanol–water partition coefficient (Wildman–Crippen LogP) is 3.72. The number of carbonyl (C=O) groups excluding carboxylic acids is 1. The molecule has 3 rings (SSSR count). The van der Waals surface area contributed by atoms with E-state index < -0.39 is 0 Å². The summed E-state index contributed by atoms with van der Waals surface area (Å²) >= 11 is 0. The van der Waals surface area contributed by atoms with Gasteiger partial charge in [-0.25, -0.2) is 9.78 Å². The number of nitriles is 1. The molecule has 2 amide bonds. The minimum absolute atomic E-state index is 0.0178. The van der Waals surface area contributed by atoms with Crippen LogP contribution in [0.5, 0.6) is 0 Å². The Labute approximate surface area is 147 Å². The number of carbonyl (C=O) groups is 1. The molecule has 1 atom stereocenters. The highest BCUT2D eigenvalue weighted by Gasteiger charge is 2.23. The van der Waals surface area contributed by atoms with Crippen molar-refractivity contribution in [3.05, 3.63) is 53.2 Å². The van der Waals surface area contributed by atoms with Gasteiger partial charge in [0.15, 0.2) is 0 Å². The van der Waals surface area contributed by atoms with Crippen molar-refractivity contribution < 1.29 is 4.79 Å². The van der Waals surface area contributed by atoms with Gasteiger partial charge in [0.05, 0.1) is 5.56 Å². The van der Waals surface area contributed by atoms with E-state index in [2.05, 4.69) is 27.0 Å². The Bertz CT molecular complexity index is 806. The van der Waals surface area contributed by atoms with Crippen LogP contribution in [0.4, 0.5) is 16.3 Å². The third-order valence-corrected chi connectivity index (χ3v) is 4.21. The molecule has 1 saturated carbocycles. The predicted molar refractivity (Wildman–Crippen MR) is 97.3 cm³/mol. The Balaban J connectivity index is 1.64. The Morgan fingerprint density at radius 2 is 2.00 bits per heavy atom. The first kappa shape index (κ1) is 16.8. The van der Waals surface area contributed by atoms with E-state index in [4.69, 9.17) is 0 Å². The van der Waals surface area contributed by atoms with Crippen molar-refractivity contribution in [2.24, 2.45) is 0 Å². The molecule has 0 spiro atoms. The number of pyridine rings is 1. The standard InChI is InChI=1S/C19H21N5O/c1-12-9-10-21-18(17(12)11-20)22-13(2)14-3-5-15(6-4-14)23-19(25)24-16-7-8-16/h3-6,9-10,13,16H,7-8H2,1-2H3,(H,21,22)(H2,23,24,25)/t13-/m1/s1. The van der Waals surface area contributed by atoms with Gasteiger partial charge in [-0.2, -0.15) is 5.26 Å². The molecule has 1 fully saturated rings. The molecule has 0 unspecified atom stereocenters. The minimum atomic E-state index is -0.163. The minimum Gasteiger partial charge on any atom is -0.362 e. The highest BCUT2D eigenvalue weighted by atomic mass is 16.2. The van der Waals surface area contributed by atoms with Crippen LogP contribution in [-0.4, -0.2) is 17.1 Å². The summed E-state index contributed by atoms with van der Waals surface area (Å²) in [5.74, 6) is 0.584. The average molecular weight is 335 g/mol. The van der Waals surface area contributed by atoms with E-state index in [0.29, 0.717) is 17.4 Å². The van der Waals surface area contributed by atoms with Crippen LogP contribution in [0.2, 0.25) is 0 Å². The molecular weight excluding hydrogens is 314 g/mol. The van der Waals surface area contributed by atoms with Crippen molar-refractivity contribution >= 4 is 17.5 Å². The van der Waals surface area contributed by atoms with Gasteiger partial charge in [-0.1, -0.05) is 12.1 Å². The van der Waals surface area contributed by atoms with Crippen molar-refractivity contribution in [3.8, 4) is 6.07 Å². The fourth-order valence-electron chi connectivity index (χ4n) is 2.53. The Hall–Kier alpha value is -3.07. The molecule has 0 bridgehead atoms. The second kappa shape index (κ2) is 7.22. The highest BCUT2D eigenvalue weighted by Crippen LogP contribution is 2.23. The molecule has 1 aromatic carbocycles. The Morgan fingerprint density at radius 1 is 1.28 bits per heavy atom. The maximum absolute atomic E-state index is 11.8. The first-order chi connectivity index (χ1) is 12.1. The second-order valence-corrected chi connectivity index (χ2v) is 6.32. The number of nitrogens with one attached hydrogen (secondary N) is 3. The van der Waals surface area contributed by atoms with Gasteiger partial charge in [-0.3, -0.25) is 0 Å². The number of rotatable bonds is 5. The largest absolute Gasteiger partial charge is 0.362 e. The summed E-state index contributed by atoms with van der Waals surface area (Å²) in [7, 11) is 0. The van der Waals surface area contributed by atoms with Crippen molar-refractivity contribution in [1.29, 1.82) is 5.26 Å². The third kappa shape index (κ3) is 4.27. The van der Waals surface area contributed by atoms with Crippen molar-refractivity contribution in [2.45, 2.75) is 38.8 Å². The van der Waals surface area contributed by atoms with Gasteiger partial charge < -0.3 is 16.0 Å². The maximum Gasteiger partial charge on any atom is 0.319 e. The molecular formula is C19H21N5O. The molecule has 0 aliphatic heterocycles. The zero-order valence-corrected chi connectivity index (χ0v) is 14.3. The summed E-state index contributed by atoms with van der Waals surface area (Å²) < 4.78 is 0. The van der Waals surface area contributed by atoms with Gasteiger partial charge >= 0.3 is 6.03 Å². The van der Waals surface area contributed by atoms with Gasteiger partial charge in [0.25, 0.3) is 0 Å². The number of anilines is 2. The smallest absolute Gasteiger partial charge is 0.319 e. The van der Waals surface area contributed by atoms with E-state index in [1.165, 1.54) is 0 Å². The van der Waals surface area contributed by atoms with Gasteiger partial charge in [0, 0.05) is 24.0 Å². The summed E-state index contributed by atoms with van der Waals surface area (Å²) in [5.41, 5.74) is 3.25. The summed E-state index contributed by atoms with van der Waals surface area (Å²) in [6.45, 7) is 3.90. The molecule has 2 aromatic rings. The molecule has 1 aliphatic rings. The SMILES string of the molecule is Cc1ccnc(N[C@H](C)c2ccc(NC(=O)NC3CC3)cc2)c1C#N. The summed E-state index contributed by atoms with van der Waals surface area (Å²) in [6, 6.07) is 11.8. The molecule has 1 aliphatic carbocycles. The molecule has 1 heterocycles. The molecule has 0 saturated heterocycles. The van der Waals surface area contributed by atoms with Crippen molar-refractivity contribution in [2.75, 3.05) is 10.6 Å². The van der Waals surface area contributed by atoms with Crippen LogP contribution in [0.15, 0.2) is 36.5 Å². The number of amides is 2. The van der Waals surface area contributed by atoms with Crippen LogP contribution in [0.25, 0.3) is 0 Å². The molecule has 25 heavy (non-hydrogen) atoms. The zero-order chi connectivity index (χ0) is 17.8. The normalized spacial score (nSPS) is 14.3. The van der Waals surface area contributed by atoms with Crippen LogP contribution in [0.3, 0.4) is 0 Å². The number of hydrogen-bond donors (Lipinski definition) is 3. The number of aryl methyl sites for hydroxylation is 1. The molecule has 3 N–H and O–H groups in total. The number of urea groups is 1. The van der Waals surface area contributed by atoms with E-state index >= 15 is 0 Å². The van der Waals surface area contributed by atoms with Crippen LogP contribution >= 0.6 is 0 Å². The van der Waals surface area contributed by atoms with Crippen molar-refractivity contribution in [3.63, 3.8) is 0 Å². The zero-order valence-electron chi connectivity index (χ0n) is 14.3. The fraction of sp³-hybridized carbons (Fsp3) is 0.316. The van der Waals surface area contributed by atoms with E-state index in [9.17, 15) is 10.1 Å². The summed E-state index contributed by atoms with van der Waals surface area (Å²) in [5, 5.41) is 18.3. The Morgan fingerprint density at radius 3 is 2.64 bits per heavy atom. The number of hydrogen-bond acceptors (Lipinski definition) is 4. The lowest BCUT2D eigenvalue weighted by Gasteiger charge is -2.17. The fourth-order valence-corrected chi connectivity index (χ4v) is 2.53. The first-order valence-corrected chi connectivity index (χ1v) is 8.36. The third-order valence-electron chi connectivity index (χ3n) is 4.21. The number of benzene rings is 1. The molecule has 128 valence electrons. The molecule has 1 aromatic heterocycles. The van der Waals surface area contributed by atoms with E-state index in [0.717, 1.165) is 29.7 Å². The van der Waals surface area contributed by atoms with E-state index in [1.54, 1.807) is 6.20 Å². The lowest BCUT2D eigenvalue weighted by Crippen LogP contribution is -2.30. The topological polar surface area (TPSA) is 89.8 Å². The first-order valence-electron chi connectivity index (χ1n) is 8.36. The number of nitrogens with zero attached hydrogens (tertiary/aromatic N) is 2. The monoisotopic (exact) mass is 335 g/mol. The van der Waals surface area contributed by atoms with Crippen LogP contribution in [-0.2, 0) is 0 Å². The van der Waals surface area contributed by atoms with Gasteiger partial charge in [-0.05, 0) is 56.0 Å². The summed E-state index contributed by atoms with van der Waals surface area (Å²) in [6.07, 6.45) is 3.82. The van der Waals surface area contributed by atoms with Crippen molar-refractivity contribution in [1.82, 2.24) is 10.3 Å². The van der Waals surface area contributed by atoms with Crippen LogP contribution in [0.1, 0.15) is 42.5 Å². The molecule has 6 heteroatoms. The van der Waals surface area contributed by atoms with Crippen LogP contribution in [0, 0.1) is 18.3 Å². The quantitative estimate of drug-likeness (QED) is 0.777. The average Bonchev–Trinajstić information content (AvgIpc) is 3.39. The van der Waals surface area contributed by atoms with E-state index in [-0.39, 0.29) is 12.1 Å². The second-order valence-electron chi connectivity index (χ2n) is 6.32.